The van der Waals surface area contributed by atoms with Crippen LogP contribution in [0.5, 0.6) is 5.75 Å². The molecule has 0 atom stereocenters. The monoisotopic (exact) mass is 257 g/mol. The van der Waals surface area contributed by atoms with Crippen LogP contribution in [0.25, 0.3) is 0 Å². The van der Waals surface area contributed by atoms with Crippen molar-refractivity contribution in [2.24, 2.45) is 0 Å². The third kappa shape index (κ3) is 2.90. The second-order valence-electron chi connectivity index (χ2n) is 3.81. The Kier molecular flexibility index (Phi) is 3.47. The van der Waals surface area contributed by atoms with Gasteiger partial charge in [-0.05, 0) is 36.4 Å². The molecule has 0 unspecified atom stereocenters. The summed E-state index contributed by atoms with van der Waals surface area (Å²) >= 11 is 0. The number of hydrogen-bond acceptors (Lipinski definition) is 5. The smallest absolute Gasteiger partial charge is 0.348 e. The van der Waals surface area contributed by atoms with Crippen LogP contribution in [0.15, 0.2) is 48.5 Å². The summed E-state index contributed by atoms with van der Waals surface area (Å²) in [7, 11) is 0. The lowest BCUT2D eigenvalue weighted by Gasteiger charge is -2.05. The molecule has 0 saturated heterocycles. The van der Waals surface area contributed by atoms with Crippen LogP contribution in [0.3, 0.4) is 0 Å². The lowest BCUT2D eigenvalue weighted by molar-refractivity contribution is 0.0398. The lowest BCUT2D eigenvalue weighted by Crippen LogP contribution is -2.14. The summed E-state index contributed by atoms with van der Waals surface area (Å²) in [5, 5.41) is 9.10. The summed E-state index contributed by atoms with van der Waals surface area (Å²) in [4.78, 5) is 23.4. The zero-order valence-electron chi connectivity index (χ0n) is 9.87. The number of nitrogen functional groups attached to an aromatic ring is 1. The molecule has 3 N–H and O–H groups in total. The molecule has 0 radical (unpaired) electrons. The van der Waals surface area contributed by atoms with Crippen molar-refractivity contribution < 1.29 is 19.4 Å². The van der Waals surface area contributed by atoms with Gasteiger partial charge in [-0.1, -0.05) is 12.1 Å². The minimum Gasteiger partial charge on any atom is -0.508 e. The largest absolute Gasteiger partial charge is 0.508 e. The van der Waals surface area contributed by atoms with Crippen LogP contribution in [0.4, 0.5) is 5.69 Å². The number of carbonyl (C=O) groups is 2. The molecule has 19 heavy (non-hydrogen) atoms. The number of phenolic OH excluding ortho intramolecular Hbond substituents is 1. The Balaban J connectivity index is 2.13. The highest BCUT2D eigenvalue weighted by atomic mass is 16.6. The van der Waals surface area contributed by atoms with Gasteiger partial charge in [-0.25, -0.2) is 9.59 Å². The third-order valence-electron chi connectivity index (χ3n) is 2.47. The number of carbonyl (C=O) groups excluding carboxylic acids is 2. The Hall–Kier alpha value is -2.82. The highest BCUT2D eigenvalue weighted by Gasteiger charge is 2.16. The van der Waals surface area contributed by atoms with Crippen molar-refractivity contribution in [1.29, 1.82) is 0 Å². The third-order valence-corrected chi connectivity index (χ3v) is 2.47. The summed E-state index contributed by atoms with van der Waals surface area (Å²) in [5.41, 5.74) is 6.15. The van der Waals surface area contributed by atoms with Gasteiger partial charge < -0.3 is 15.6 Å². The first kappa shape index (κ1) is 12.6. The first-order valence-corrected chi connectivity index (χ1v) is 5.48. The number of aromatic hydroxyl groups is 1. The molecule has 0 aliphatic rings. The number of para-hydroxylation sites is 1. The number of anilines is 1. The van der Waals surface area contributed by atoms with Gasteiger partial charge in [-0.15, -0.1) is 0 Å². The van der Waals surface area contributed by atoms with E-state index in [-0.39, 0.29) is 22.6 Å². The van der Waals surface area contributed by atoms with Gasteiger partial charge >= 0.3 is 11.9 Å². The molecule has 2 aromatic carbocycles. The minimum atomic E-state index is -0.809. The molecular formula is C14H11NO4. The summed E-state index contributed by atoms with van der Waals surface area (Å²) in [5.74, 6) is -1.58. The van der Waals surface area contributed by atoms with Gasteiger partial charge in [0.2, 0.25) is 0 Å². The molecule has 2 rings (SSSR count). The molecule has 0 amide bonds. The Bertz CT molecular complexity index is 620. The van der Waals surface area contributed by atoms with Crippen molar-refractivity contribution in [2.75, 3.05) is 5.73 Å². The number of nitrogens with two attached hydrogens (primary N) is 1. The predicted octanol–water partition coefficient (Wildman–Crippen LogP) is 1.97. The summed E-state index contributed by atoms with van der Waals surface area (Å²) in [6.45, 7) is 0. The highest BCUT2D eigenvalue weighted by molar-refractivity contribution is 6.04. The zero-order chi connectivity index (χ0) is 13.8. The van der Waals surface area contributed by atoms with Gasteiger partial charge in [0.15, 0.2) is 0 Å². The molecule has 0 heterocycles. The molecule has 5 heteroatoms. The van der Waals surface area contributed by atoms with Crippen LogP contribution in [-0.4, -0.2) is 17.0 Å². The van der Waals surface area contributed by atoms with E-state index in [1.54, 1.807) is 18.2 Å². The Morgan fingerprint density at radius 3 is 2.21 bits per heavy atom. The van der Waals surface area contributed by atoms with Gasteiger partial charge in [0.25, 0.3) is 0 Å². The van der Waals surface area contributed by atoms with Crippen LogP contribution in [-0.2, 0) is 4.74 Å². The normalized spacial score (nSPS) is 9.89. The molecule has 96 valence electrons. The molecule has 0 bridgehead atoms. The molecule has 2 aromatic rings. The highest BCUT2D eigenvalue weighted by Crippen LogP contribution is 2.14. The van der Waals surface area contributed by atoms with Gasteiger partial charge in [-0.2, -0.15) is 0 Å². The number of phenols is 1. The zero-order valence-corrected chi connectivity index (χ0v) is 9.87. The van der Waals surface area contributed by atoms with Crippen molar-refractivity contribution in [1.82, 2.24) is 0 Å². The number of hydrogen-bond donors (Lipinski definition) is 2. The van der Waals surface area contributed by atoms with Gasteiger partial charge in [0.1, 0.15) is 5.75 Å². The SMILES string of the molecule is Nc1ccccc1C(=O)OC(=O)c1ccc(O)cc1. The van der Waals surface area contributed by atoms with E-state index in [9.17, 15) is 9.59 Å². The molecule has 0 spiro atoms. The van der Waals surface area contributed by atoms with Crippen molar-refractivity contribution in [3.05, 3.63) is 59.7 Å². The average Bonchev–Trinajstić information content (AvgIpc) is 2.39. The van der Waals surface area contributed by atoms with Crippen LogP contribution in [0, 0.1) is 0 Å². The fourth-order valence-electron chi connectivity index (χ4n) is 1.48. The van der Waals surface area contributed by atoms with E-state index in [1.807, 2.05) is 0 Å². The standard InChI is InChI=1S/C14H11NO4/c15-12-4-2-1-3-11(12)14(18)19-13(17)9-5-7-10(16)8-6-9/h1-8,16H,15H2. The van der Waals surface area contributed by atoms with E-state index in [4.69, 9.17) is 15.6 Å². The Morgan fingerprint density at radius 1 is 0.947 bits per heavy atom. The second kappa shape index (κ2) is 5.22. The molecule has 0 aliphatic heterocycles. The first-order valence-electron chi connectivity index (χ1n) is 5.48. The van der Waals surface area contributed by atoms with E-state index in [2.05, 4.69) is 0 Å². The van der Waals surface area contributed by atoms with E-state index in [0.29, 0.717) is 0 Å². The molecule has 0 aliphatic carbocycles. The Morgan fingerprint density at radius 2 is 1.58 bits per heavy atom. The fourth-order valence-corrected chi connectivity index (χ4v) is 1.48. The van der Waals surface area contributed by atoms with Crippen LogP contribution in [0.2, 0.25) is 0 Å². The van der Waals surface area contributed by atoms with Crippen molar-refractivity contribution in [3.8, 4) is 5.75 Å². The van der Waals surface area contributed by atoms with Crippen molar-refractivity contribution >= 4 is 17.6 Å². The molecule has 0 fully saturated rings. The molecule has 5 nitrogen and oxygen atoms in total. The lowest BCUT2D eigenvalue weighted by atomic mass is 10.2. The molecule has 0 saturated carbocycles. The number of esters is 2. The van der Waals surface area contributed by atoms with Gasteiger partial charge in [0.05, 0.1) is 11.1 Å². The van der Waals surface area contributed by atoms with E-state index < -0.39 is 11.9 Å². The van der Waals surface area contributed by atoms with E-state index >= 15 is 0 Å². The fraction of sp³-hybridized carbons (Fsp3) is 0. The Labute approximate surface area is 109 Å². The van der Waals surface area contributed by atoms with Gasteiger partial charge in [-0.3, -0.25) is 0 Å². The maximum absolute atomic E-state index is 11.7. The van der Waals surface area contributed by atoms with Crippen molar-refractivity contribution in [2.45, 2.75) is 0 Å². The van der Waals surface area contributed by atoms with E-state index in [1.165, 1.54) is 30.3 Å². The number of ether oxygens (including phenoxy) is 1. The molecule has 0 aromatic heterocycles. The summed E-state index contributed by atoms with van der Waals surface area (Å²) in [6, 6.07) is 11.7. The summed E-state index contributed by atoms with van der Waals surface area (Å²) < 4.78 is 4.70. The maximum Gasteiger partial charge on any atom is 0.348 e. The maximum atomic E-state index is 11.7. The summed E-state index contributed by atoms with van der Waals surface area (Å²) in [6.07, 6.45) is 0. The van der Waals surface area contributed by atoms with Gasteiger partial charge in [0, 0.05) is 5.69 Å². The second-order valence-corrected chi connectivity index (χ2v) is 3.81. The minimum absolute atomic E-state index is 0.0233. The first-order chi connectivity index (χ1) is 9.08. The van der Waals surface area contributed by atoms with E-state index in [0.717, 1.165) is 0 Å². The van der Waals surface area contributed by atoms with Crippen LogP contribution < -0.4 is 5.73 Å². The number of rotatable bonds is 2. The number of benzene rings is 2. The van der Waals surface area contributed by atoms with Crippen LogP contribution in [0.1, 0.15) is 20.7 Å². The van der Waals surface area contributed by atoms with Crippen molar-refractivity contribution in [3.63, 3.8) is 0 Å². The average molecular weight is 257 g/mol. The predicted molar refractivity (Wildman–Crippen MR) is 68.7 cm³/mol. The van der Waals surface area contributed by atoms with Crippen LogP contribution >= 0.6 is 0 Å². The topological polar surface area (TPSA) is 89.6 Å². The molecular weight excluding hydrogens is 246 g/mol. The quantitative estimate of drug-likeness (QED) is 0.487.